The summed E-state index contributed by atoms with van der Waals surface area (Å²) in [5, 5.41) is 2.46. The van der Waals surface area contributed by atoms with Crippen molar-refractivity contribution in [2.75, 3.05) is 30.4 Å². The number of nitrogen functional groups attached to an aromatic ring is 1. The molecule has 3 amide bonds. The topological polar surface area (TPSA) is 167 Å². The molecule has 11 nitrogen and oxygen atoms in total. The second-order valence-corrected chi connectivity index (χ2v) is 8.49. The average Bonchev–Trinajstić information content (AvgIpc) is 3.29. The molecule has 3 rings (SSSR count). The molecule has 38 heavy (non-hydrogen) atoms. The van der Waals surface area contributed by atoms with Crippen molar-refractivity contribution in [3.05, 3.63) is 70.5 Å². The van der Waals surface area contributed by atoms with Crippen LogP contribution in [0.1, 0.15) is 45.6 Å². The second-order valence-electron chi connectivity index (χ2n) is 7.72. The molecular formula is C25H26FN5O6S. The summed E-state index contributed by atoms with van der Waals surface area (Å²) >= 11 is 0.641. The maximum atomic E-state index is 13.9. The smallest absolute Gasteiger partial charge is 0.325 e. The second kappa shape index (κ2) is 12.6. The van der Waals surface area contributed by atoms with E-state index in [1.807, 2.05) is 6.92 Å². The fourth-order valence-corrected chi connectivity index (χ4v) is 4.26. The van der Waals surface area contributed by atoms with Crippen LogP contribution in [-0.4, -0.2) is 47.8 Å². The zero-order valence-corrected chi connectivity index (χ0v) is 21.4. The van der Waals surface area contributed by atoms with E-state index in [4.69, 9.17) is 20.9 Å². The molecule has 0 bridgehead atoms. The van der Waals surface area contributed by atoms with Gasteiger partial charge in [0.15, 0.2) is 5.69 Å². The van der Waals surface area contributed by atoms with E-state index in [1.54, 1.807) is 31.2 Å². The van der Waals surface area contributed by atoms with Crippen LogP contribution < -0.4 is 26.4 Å². The van der Waals surface area contributed by atoms with E-state index in [-0.39, 0.29) is 34.1 Å². The number of anilines is 2. The third-order valence-electron chi connectivity index (χ3n) is 5.20. The van der Waals surface area contributed by atoms with Crippen LogP contribution in [0.5, 0.6) is 5.75 Å². The van der Waals surface area contributed by atoms with Crippen molar-refractivity contribution in [3.8, 4) is 5.75 Å². The van der Waals surface area contributed by atoms with E-state index >= 15 is 0 Å². The first-order chi connectivity index (χ1) is 18.2. The predicted molar refractivity (Wildman–Crippen MR) is 138 cm³/mol. The van der Waals surface area contributed by atoms with E-state index in [0.717, 1.165) is 17.0 Å². The first-order valence-corrected chi connectivity index (χ1v) is 12.2. The van der Waals surface area contributed by atoms with Crippen LogP contribution in [0.15, 0.2) is 48.5 Å². The molecule has 200 valence electrons. The maximum absolute atomic E-state index is 13.9. The lowest BCUT2D eigenvalue weighted by molar-refractivity contribution is -0.143. The zero-order chi connectivity index (χ0) is 27.8. The molecule has 13 heteroatoms. The quantitative estimate of drug-likeness (QED) is 0.310. The Morgan fingerprint density at radius 2 is 1.71 bits per heavy atom. The highest BCUT2D eigenvalue weighted by molar-refractivity contribution is 7.09. The van der Waals surface area contributed by atoms with Gasteiger partial charge in [-0.25, -0.2) is 4.39 Å². The molecule has 0 radical (unpaired) electrons. The van der Waals surface area contributed by atoms with Crippen LogP contribution in [0.4, 0.5) is 15.8 Å². The number of primary amides is 1. The Hall–Kier alpha value is -4.52. The molecule has 3 aromatic rings. The average molecular weight is 544 g/mol. The van der Waals surface area contributed by atoms with E-state index in [1.165, 1.54) is 12.1 Å². The summed E-state index contributed by atoms with van der Waals surface area (Å²) in [6, 6.07) is 9.84. The van der Waals surface area contributed by atoms with E-state index in [0.29, 0.717) is 23.9 Å². The van der Waals surface area contributed by atoms with E-state index < -0.39 is 42.1 Å². The van der Waals surface area contributed by atoms with E-state index in [9.17, 15) is 23.6 Å². The van der Waals surface area contributed by atoms with E-state index in [2.05, 4.69) is 9.69 Å². The molecule has 0 fully saturated rings. The van der Waals surface area contributed by atoms with Crippen molar-refractivity contribution in [2.24, 2.45) is 5.73 Å². The minimum Gasteiger partial charge on any atom is -0.494 e. The van der Waals surface area contributed by atoms with Gasteiger partial charge in [-0.2, -0.15) is 4.37 Å². The number of amides is 3. The summed E-state index contributed by atoms with van der Waals surface area (Å²) < 4.78 is 28.0. The lowest BCUT2D eigenvalue weighted by Gasteiger charge is -2.31. The Morgan fingerprint density at radius 3 is 2.26 bits per heavy atom. The SMILES string of the molecule is CCOC(=O)CNC(=O)[C@H](c1ccc(F)cc1)N(C(=O)c1snc(C(N)=O)c1N)c1ccc(OCC)cc1. The summed E-state index contributed by atoms with van der Waals surface area (Å²) in [7, 11) is 0. The van der Waals surface area contributed by atoms with Gasteiger partial charge in [0.05, 0.1) is 18.9 Å². The van der Waals surface area contributed by atoms with Gasteiger partial charge in [-0.15, -0.1) is 0 Å². The van der Waals surface area contributed by atoms with Crippen LogP contribution in [0.2, 0.25) is 0 Å². The Labute approximate surface area is 221 Å². The number of nitrogens with one attached hydrogen (secondary N) is 1. The molecule has 0 aliphatic rings. The highest BCUT2D eigenvalue weighted by Gasteiger charge is 2.36. The monoisotopic (exact) mass is 543 g/mol. The minimum atomic E-state index is -1.39. The number of hydrogen-bond acceptors (Lipinski definition) is 9. The Bertz CT molecular complexity index is 1310. The number of hydrogen-bond donors (Lipinski definition) is 3. The molecule has 1 heterocycles. The number of carbonyl (C=O) groups excluding carboxylic acids is 4. The normalized spacial score (nSPS) is 11.3. The van der Waals surface area contributed by atoms with Crippen LogP contribution in [-0.2, 0) is 14.3 Å². The summed E-state index contributed by atoms with van der Waals surface area (Å²) in [6.45, 7) is 3.48. The third-order valence-corrected chi connectivity index (χ3v) is 6.06. The molecule has 0 saturated carbocycles. The number of benzene rings is 2. The van der Waals surface area contributed by atoms with Gasteiger partial charge in [-0.1, -0.05) is 12.1 Å². The molecule has 0 aliphatic heterocycles. The molecule has 5 N–H and O–H groups in total. The van der Waals surface area contributed by atoms with Crippen LogP contribution in [0.3, 0.4) is 0 Å². The number of aromatic nitrogens is 1. The summed E-state index contributed by atoms with van der Waals surface area (Å²) in [5.74, 6) is -3.19. The molecular weight excluding hydrogens is 517 g/mol. The molecule has 0 unspecified atom stereocenters. The molecule has 1 atom stereocenters. The van der Waals surface area contributed by atoms with Crippen molar-refractivity contribution in [3.63, 3.8) is 0 Å². The van der Waals surface area contributed by atoms with Gasteiger partial charge in [0.1, 0.15) is 29.0 Å². The van der Waals surface area contributed by atoms with Gasteiger partial charge >= 0.3 is 5.97 Å². The number of ether oxygens (including phenoxy) is 2. The number of nitrogens with two attached hydrogens (primary N) is 2. The molecule has 1 aromatic heterocycles. The van der Waals surface area contributed by atoms with Crippen molar-refractivity contribution in [1.29, 1.82) is 0 Å². The molecule has 0 aliphatic carbocycles. The van der Waals surface area contributed by atoms with Crippen molar-refractivity contribution in [1.82, 2.24) is 9.69 Å². The standard InChI is InChI=1S/C25H26FN5O6S/c1-3-36-17-11-9-16(10-12-17)31(25(35)22-19(27)20(23(28)33)30-38-22)21(14-5-7-15(26)8-6-14)24(34)29-13-18(32)37-4-2/h5-12,21H,3-4,13,27H2,1-2H3,(H2,28,33)(H,29,34)/t21-/m0/s1. The van der Waals surface area contributed by atoms with Gasteiger partial charge in [0, 0.05) is 5.69 Å². The third kappa shape index (κ3) is 6.42. The highest BCUT2D eigenvalue weighted by Crippen LogP contribution is 2.34. The molecule has 0 spiro atoms. The number of rotatable bonds is 11. The van der Waals surface area contributed by atoms with Crippen LogP contribution in [0.25, 0.3) is 0 Å². The zero-order valence-electron chi connectivity index (χ0n) is 20.6. The van der Waals surface area contributed by atoms with Gasteiger partial charge < -0.3 is 26.3 Å². The maximum Gasteiger partial charge on any atom is 0.325 e. The molecule has 0 saturated heterocycles. The predicted octanol–water partition coefficient (Wildman–Crippen LogP) is 2.43. The van der Waals surface area contributed by atoms with Crippen molar-refractivity contribution >= 4 is 46.6 Å². The Morgan fingerprint density at radius 1 is 1.05 bits per heavy atom. The number of nitrogens with zero attached hydrogens (tertiary/aromatic N) is 2. The fourth-order valence-electron chi connectivity index (χ4n) is 3.52. The lowest BCUT2D eigenvalue weighted by Crippen LogP contribution is -2.45. The Kier molecular flexibility index (Phi) is 9.33. The van der Waals surface area contributed by atoms with Gasteiger partial charge in [-0.3, -0.25) is 24.1 Å². The summed E-state index contributed by atoms with van der Waals surface area (Å²) in [4.78, 5) is 52.0. The van der Waals surface area contributed by atoms with Gasteiger partial charge in [0.2, 0.25) is 5.91 Å². The molecule has 2 aromatic carbocycles. The van der Waals surface area contributed by atoms with Crippen LogP contribution in [0, 0.1) is 5.82 Å². The minimum absolute atomic E-state index is 0.111. The van der Waals surface area contributed by atoms with Gasteiger partial charge in [-0.05, 0) is 67.3 Å². The first-order valence-electron chi connectivity index (χ1n) is 11.5. The number of esters is 1. The van der Waals surface area contributed by atoms with Crippen molar-refractivity contribution in [2.45, 2.75) is 19.9 Å². The number of halogens is 1. The Balaban J connectivity index is 2.15. The van der Waals surface area contributed by atoms with Crippen molar-refractivity contribution < 1.29 is 33.0 Å². The first kappa shape index (κ1) is 28.1. The van der Waals surface area contributed by atoms with Crippen LogP contribution >= 0.6 is 11.5 Å². The largest absolute Gasteiger partial charge is 0.494 e. The van der Waals surface area contributed by atoms with Gasteiger partial charge in [0.25, 0.3) is 11.8 Å². The lowest BCUT2D eigenvalue weighted by atomic mass is 10.0. The summed E-state index contributed by atoms with van der Waals surface area (Å²) in [5.41, 5.74) is 11.3. The highest BCUT2D eigenvalue weighted by atomic mass is 32.1. The fraction of sp³-hybridized carbons (Fsp3) is 0.240. The number of carbonyl (C=O) groups is 4. The summed E-state index contributed by atoms with van der Waals surface area (Å²) in [6.07, 6.45) is 0.